The number of aromatic nitrogens is 2. The summed E-state index contributed by atoms with van der Waals surface area (Å²) in [5.41, 5.74) is 4.28. The lowest BCUT2D eigenvalue weighted by Gasteiger charge is -2.06. The Hall–Kier alpha value is -4.10. The van der Waals surface area contributed by atoms with Gasteiger partial charge in [0, 0.05) is 28.8 Å². The molecule has 3 heterocycles. The molecule has 0 unspecified atom stereocenters. The van der Waals surface area contributed by atoms with Crippen molar-refractivity contribution in [2.75, 3.05) is 0 Å². The van der Waals surface area contributed by atoms with Gasteiger partial charge in [-0.05, 0) is 43.3 Å². The largest absolute Gasteiger partial charge is 0.456 e. The molecule has 0 spiro atoms. The zero-order valence-electron chi connectivity index (χ0n) is 17.7. The van der Waals surface area contributed by atoms with Gasteiger partial charge in [0.1, 0.15) is 16.4 Å². The number of carbonyl (C=O) groups is 1. The quantitative estimate of drug-likeness (QED) is 0.395. The van der Waals surface area contributed by atoms with Crippen LogP contribution in [0.5, 0.6) is 0 Å². The van der Waals surface area contributed by atoms with Crippen molar-refractivity contribution in [3.63, 3.8) is 0 Å². The molecule has 3 aromatic heterocycles. The molecular weight excluding hydrogens is 434 g/mol. The highest BCUT2D eigenvalue weighted by Crippen LogP contribution is 2.24. The molecule has 0 saturated heterocycles. The van der Waals surface area contributed by atoms with Gasteiger partial charge in [0.15, 0.2) is 5.43 Å². The minimum absolute atomic E-state index is 0.0925. The average molecular weight is 454 g/mol. The Labute approximate surface area is 193 Å². The van der Waals surface area contributed by atoms with Crippen LogP contribution in [0.25, 0.3) is 33.0 Å². The fourth-order valence-electron chi connectivity index (χ4n) is 3.47. The summed E-state index contributed by atoms with van der Waals surface area (Å²) in [5, 5.41) is 6.18. The molecule has 0 radical (unpaired) electrons. The number of hydrogen-bond donors (Lipinski definition) is 1. The number of carbonyl (C=O) groups excluding carboxylic acids is 1. The molecule has 0 bridgehead atoms. The molecule has 0 atom stereocenters. The molecule has 0 aliphatic carbocycles. The monoisotopic (exact) mass is 453 g/mol. The van der Waals surface area contributed by atoms with Crippen LogP contribution in [-0.4, -0.2) is 15.9 Å². The van der Waals surface area contributed by atoms with Crippen LogP contribution in [0.3, 0.4) is 0 Å². The van der Waals surface area contributed by atoms with Gasteiger partial charge in [0.05, 0.1) is 23.3 Å². The van der Waals surface area contributed by atoms with Gasteiger partial charge in [0.2, 0.25) is 0 Å². The van der Waals surface area contributed by atoms with Crippen molar-refractivity contribution in [2.24, 2.45) is 0 Å². The van der Waals surface area contributed by atoms with Crippen molar-refractivity contribution in [3.05, 3.63) is 105 Å². The number of thiazole rings is 1. The van der Waals surface area contributed by atoms with E-state index in [0.29, 0.717) is 28.8 Å². The van der Waals surface area contributed by atoms with Crippen molar-refractivity contribution in [1.82, 2.24) is 15.3 Å². The second-order valence-corrected chi connectivity index (χ2v) is 8.45. The van der Waals surface area contributed by atoms with E-state index in [-0.39, 0.29) is 11.3 Å². The smallest absolute Gasteiger partial charge is 0.251 e. The summed E-state index contributed by atoms with van der Waals surface area (Å²) in [6, 6.07) is 19.7. The first-order valence-electron chi connectivity index (χ1n) is 10.4. The highest BCUT2D eigenvalue weighted by atomic mass is 32.1. The highest BCUT2D eigenvalue weighted by Gasteiger charge is 2.11. The van der Waals surface area contributed by atoms with Crippen LogP contribution in [0.2, 0.25) is 0 Å². The van der Waals surface area contributed by atoms with Gasteiger partial charge in [-0.1, -0.05) is 29.8 Å². The third kappa shape index (κ3) is 4.44. The van der Waals surface area contributed by atoms with Gasteiger partial charge in [-0.3, -0.25) is 14.6 Å². The van der Waals surface area contributed by atoms with Crippen molar-refractivity contribution >= 4 is 28.2 Å². The summed E-state index contributed by atoms with van der Waals surface area (Å²) in [4.78, 5) is 33.9. The molecule has 5 aromatic rings. The summed E-state index contributed by atoms with van der Waals surface area (Å²) < 4.78 is 5.92. The average Bonchev–Trinajstić information content (AvgIpc) is 3.33. The van der Waals surface area contributed by atoms with E-state index < -0.39 is 0 Å². The second-order valence-electron chi connectivity index (χ2n) is 7.59. The molecule has 6 nitrogen and oxygen atoms in total. The van der Waals surface area contributed by atoms with Gasteiger partial charge < -0.3 is 9.73 Å². The molecule has 2 aromatic carbocycles. The topological polar surface area (TPSA) is 85.1 Å². The van der Waals surface area contributed by atoms with Crippen molar-refractivity contribution < 1.29 is 9.21 Å². The van der Waals surface area contributed by atoms with E-state index in [0.717, 1.165) is 27.5 Å². The van der Waals surface area contributed by atoms with Gasteiger partial charge in [0.25, 0.3) is 5.91 Å². The van der Waals surface area contributed by atoms with E-state index in [2.05, 4.69) is 15.3 Å². The lowest BCUT2D eigenvalue weighted by atomic mass is 10.1. The van der Waals surface area contributed by atoms with Crippen molar-refractivity contribution in [2.45, 2.75) is 13.5 Å². The Morgan fingerprint density at radius 3 is 2.70 bits per heavy atom. The van der Waals surface area contributed by atoms with E-state index in [1.807, 2.05) is 42.6 Å². The number of nitrogens with zero attached hydrogens (tertiary/aromatic N) is 2. The number of benzene rings is 2. The number of amides is 1. The number of rotatable bonds is 5. The van der Waals surface area contributed by atoms with Crippen LogP contribution >= 0.6 is 11.3 Å². The molecular formula is C26H19N3O3S. The lowest BCUT2D eigenvalue weighted by Crippen LogP contribution is -2.22. The Morgan fingerprint density at radius 2 is 1.91 bits per heavy atom. The lowest BCUT2D eigenvalue weighted by molar-refractivity contribution is 0.0950. The zero-order chi connectivity index (χ0) is 22.8. The molecule has 0 saturated carbocycles. The summed E-state index contributed by atoms with van der Waals surface area (Å²) in [6.45, 7) is 2.26. The van der Waals surface area contributed by atoms with Gasteiger partial charge >= 0.3 is 0 Å². The molecule has 0 aliphatic rings. The summed E-state index contributed by atoms with van der Waals surface area (Å²) in [6.07, 6.45) is 1.73. The normalized spacial score (nSPS) is 10.9. The van der Waals surface area contributed by atoms with E-state index in [9.17, 15) is 9.59 Å². The van der Waals surface area contributed by atoms with Gasteiger partial charge in [-0.15, -0.1) is 11.3 Å². The molecule has 162 valence electrons. The summed E-state index contributed by atoms with van der Waals surface area (Å²) in [7, 11) is 0. The maximum absolute atomic E-state index is 12.6. The first-order chi connectivity index (χ1) is 16.1. The minimum atomic E-state index is -0.204. The van der Waals surface area contributed by atoms with E-state index in [4.69, 9.17) is 4.42 Å². The number of pyridine rings is 1. The van der Waals surface area contributed by atoms with Gasteiger partial charge in [-0.2, -0.15) is 0 Å². The van der Waals surface area contributed by atoms with Crippen LogP contribution in [0, 0.1) is 6.92 Å². The number of aryl methyl sites for hydroxylation is 1. The van der Waals surface area contributed by atoms with Crippen molar-refractivity contribution in [1.29, 1.82) is 0 Å². The maximum atomic E-state index is 12.6. The first kappa shape index (κ1) is 20.8. The third-order valence-corrected chi connectivity index (χ3v) is 6.09. The fraction of sp³-hybridized carbons (Fsp3) is 0.0769. The van der Waals surface area contributed by atoms with E-state index >= 15 is 0 Å². The standard InChI is InChI=1S/C26H19N3O3S/c1-16-5-10-23-20(12-16)22(30)13-24(32-23)17-6-8-18(9-7-17)25(31)28-14-19-15-33-26(29-19)21-4-2-3-11-27-21/h2-13,15H,14H2,1H3,(H,28,31). The van der Waals surface area contributed by atoms with Crippen LogP contribution in [-0.2, 0) is 6.54 Å². The Kier molecular flexibility index (Phi) is 5.54. The number of fused-ring (bicyclic) bond motifs is 1. The first-order valence-corrected chi connectivity index (χ1v) is 11.2. The minimum Gasteiger partial charge on any atom is -0.456 e. The maximum Gasteiger partial charge on any atom is 0.251 e. The van der Waals surface area contributed by atoms with E-state index in [1.54, 1.807) is 36.5 Å². The third-order valence-electron chi connectivity index (χ3n) is 5.18. The van der Waals surface area contributed by atoms with Crippen LogP contribution < -0.4 is 10.7 Å². The Balaban J connectivity index is 1.28. The van der Waals surface area contributed by atoms with Crippen molar-refractivity contribution in [3.8, 4) is 22.0 Å². The SMILES string of the molecule is Cc1ccc2oc(-c3ccc(C(=O)NCc4csc(-c5ccccn5)n4)cc3)cc(=O)c2c1. The summed E-state index contributed by atoms with van der Waals surface area (Å²) in [5.74, 6) is 0.261. The molecule has 0 aliphatic heterocycles. The number of hydrogen-bond acceptors (Lipinski definition) is 6. The second kappa shape index (κ2) is 8.80. The van der Waals surface area contributed by atoms with Gasteiger partial charge in [-0.25, -0.2) is 4.98 Å². The van der Waals surface area contributed by atoms with Crippen LogP contribution in [0.4, 0.5) is 0 Å². The predicted octanol–water partition coefficient (Wildman–Crippen LogP) is 5.22. The fourth-order valence-corrected chi connectivity index (χ4v) is 4.26. The Bertz CT molecular complexity index is 1510. The highest BCUT2D eigenvalue weighted by molar-refractivity contribution is 7.13. The van der Waals surface area contributed by atoms with E-state index in [1.165, 1.54) is 17.4 Å². The predicted molar refractivity (Wildman–Crippen MR) is 129 cm³/mol. The molecule has 7 heteroatoms. The molecule has 1 amide bonds. The zero-order valence-corrected chi connectivity index (χ0v) is 18.6. The number of nitrogens with one attached hydrogen (secondary N) is 1. The molecule has 33 heavy (non-hydrogen) atoms. The molecule has 1 N–H and O–H groups in total. The Morgan fingerprint density at radius 1 is 1.06 bits per heavy atom. The van der Waals surface area contributed by atoms with Crippen LogP contribution in [0.15, 0.2) is 87.5 Å². The van der Waals surface area contributed by atoms with Crippen LogP contribution in [0.1, 0.15) is 21.6 Å². The summed E-state index contributed by atoms with van der Waals surface area (Å²) >= 11 is 1.49. The molecule has 5 rings (SSSR count). The molecule has 0 fully saturated rings.